The number of pyridine rings is 1. The Labute approximate surface area is 105 Å². The highest BCUT2D eigenvalue weighted by Gasteiger charge is 2.35. The Kier molecular flexibility index (Phi) is 4.60. The molecular weight excluding hydrogens is 282 g/mol. The van der Waals surface area contributed by atoms with Gasteiger partial charge in [-0.1, -0.05) is 11.6 Å². The summed E-state index contributed by atoms with van der Waals surface area (Å²) in [5.41, 5.74) is -1.37. The first-order valence-electron chi connectivity index (χ1n) is 4.42. The molecule has 0 saturated heterocycles. The van der Waals surface area contributed by atoms with Gasteiger partial charge >= 0.3 is 6.18 Å². The first kappa shape index (κ1) is 14.5. The van der Waals surface area contributed by atoms with Crippen LogP contribution in [0.4, 0.5) is 13.2 Å². The number of rotatable bonds is 3. The molecule has 0 fully saturated rings. The van der Waals surface area contributed by atoms with Crippen molar-refractivity contribution in [1.29, 1.82) is 0 Å². The second-order valence-corrected chi connectivity index (χ2v) is 3.94. The summed E-state index contributed by atoms with van der Waals surface area (Å²) in [6.45, 7) is 0. The second kappa shape index (κ2) is 5.39. The molecule has 8 heteroatoms. The van der Waals surface area contributed by atoms with Crippen LogP contribution in [0.1, 0.15) is 17.2 Å². The van der Waals surface area contributed by atoms with Crippen LogP contribution in [0.15, 0.2) is 12.3 Å². The van der Waals surface area contributed by atoms with E-state index in [2.05, 4.69) is 4.98 Å². The van der Waals surface area contributed by atoms with E-state index in [1.165, 1.54) is 0 Å². The lowest BCUT2D eigenvalue weighted by atomic mass is 10.1. The lowest BCUT2D eigenvalue weighted by molar-refractivity contribution is -0.137. The number of hydrogen-bond donors (Lipinski definition) is 2. The summed E-state index contributed by atoms with van der Waals surface area (Å²) in [7, 11) is 0. The molecular formula is C9H8Cl2F3NO2. The SMILES string of the molecule is OC(CCl)C(O)c1cnc(Cl)c(C(F)(F)F)c1. The van der Waals surface area contributed by atoms with Gasteiger partial charge in [0, 0.05) is 11.8 Å². The van der Waals surface area contributed by atoms with Crippen LogP contribution in [0.5, 0.6) is 0 Å². The molecule has 2 unspecified atom stereocenters. The molecule has 0 aromatic carbocycles. The molecule has 0 saturated carbocycles. The Bertz CT molecular complexity index is 400. The molecule has 0 bridgehead atoms. The van der Waals surface area contributed by atoms with Crippen molar-refractivity contribution < 1.29 is 23.4 Å². The molecule has 1 aromatic rings. The number of halogens is 5. The molecule has 2 N–H and O–H groups in total. The fourth-order valence-electron chi connectivity index (χ4n) is 1.13. The van der Waals surface area contributed by atoms with Crippen molar-refractivity contribution >= 4 is 23.2 Å². The maximum Gasteiger partial charge on any atom is 0.419 e. The fraction of sp³-hybridized carbons (Fsp3) is 0.444. The molecule has 3 nitrogen and oxygen atoms in total. The standard InChI is InChI=1S/C9H8Cl2F3NO2/c10-2-6(16)7(17)4-1-5(9(12,13)14)8(11)15-3-4/h1,3,6-7,16-17H,2H2. The Morgan fingerprint density at radius 3 is 2.41 bits per heavy atom. The summed E-state index contributed by atoms with van der Waals surface area (Å²) in [6.07, 6.45) is -6.64. The maximum atomic E-state index is 12.5. The van der Waals surface area contributed by atoms with Crippen LogP contribution < -0.4 is 0 Å². The van der Waals surface area contributed by atoms with Gasteiger partial charge < -0.3 is 10.2 Å². The molecule has 2 atom stereocenters. The minimum Gasteiger partial charge on any atom is -0.389 e. The van der Waals surface area contributed by atoms with Gasteiger partial charge in [-0.2, -0.15) is 13.2 Å². The molecule has 0 aliphatic rings. The van der Waals surface area contributed by atoms with Crippen molar-refractivity contribution in [3.05, 3.63) is 28.5 Å². The largest absolute Gasteiger partial charge is 0.419 e. The van der Waals surface area contributed by atoms with Crippen molar-refractivity contribution in [3.8, 4) is 0 Å². The fourth-order valence-corrected chi connectivity index (χ4v) is 1.51. The Morgan fingerprint density at radius 1 is 1.35 bits per heavy atom. The zero-order chi connectivity index (χ0) is 13.2. The molecule has 1 aromatic heterocycles. The molecule has 96 valence electrons. The number of nitrogens with zero attached hydrogens (tertiary/aromatic N) is 1. The molecule has 0 radical (unpaired) electrons. The van der Waals surface area contributed by atoms with Gasteiger partial charge in [-0.25, -0.2) is 4.98 Å². The first-order valence-corrected chi connectivity index (χ1v) is 5.33. The lowest BCUT2D eigenvalue weighted by Gasteiger charge is -2.17. The van der Waals surface area contributed by atoms with Crippen LogP contribution in [0.3, 0.4) is 0 Å². The molecule has 0 amide bonds. The van der Waals surface area contributed by atoms with Crippen LogP contribution in [0.2, 0.25) is 5.15 Å². The highest BCUT2D eigenvalue weighted by Crippen LogP contribution is 2.35. The van der Waals surface area contributed by atoms with E-state index >= 15 is 0 Å². The summed E-state index contributed by atoms with van der Waals surface area (Å²) < 4.78 is 37.4. The topological polar surface area (TPSA) is 53.4 Å². The summed E-state index contributed by atoms with van der Waals surface area (Å²) in [4.78, 5) is 3.31. The van der Waals surface area contributed by atoms with Gasteiger partial charge in [0.1, 0.15) is 11.3 Å². The van der Waals surface area contributed by atoms with Gasteiger partial charge in [-0.15, -0.1) is 11.6 Å². The van der Waals surface area contributed by atoms with Gasteiger partial charge in [0.25, 0.3) is 0 Å². The van der Waals surface area contributed by atoms with E-state index in [1.807, 2.05) is 0 Å². The summed E-state index contributed by atoms with van der Waals surface area (Å²) in [5.74, 6) is -0.314. The highest BCUT2D eigenvalue weighted by molar-refractivity contribution is 6.30. The number of hydrogen-bond acceptors (Lipinski definition) is 3. The molecule has 0 aliphatic carbocycles. The van der Waals surface area contributed by atoms with Gasteiger partial charge in [0.2, 0.25) is 0 Å². The Balaban J connectivity index is 3.13. The van der Waals surface area contributed by atoms with E-state index in [0.29, 0.717) is 6.07 Å². The van der Waals surface area contributed by atoms with E-state index in [4.69, 9.17) is 23.2 Å². The average molecular weight is 290 g/mol. The first-order chi connectivity index (χ1) is 7.77. The predicted molar refractivity (Wildman–Crippen MR) is 55.9 cm³/mol. The Hall–Kier alpha value is -0.560. The molecule has 1 rings (SSSR count). The second-order valence-electron chi connectivity index (χ2n) is 3.27. The third kappa shape index (κ3) is 3.45. The summed E-state index contributed by atoms with van der Waals surface area (Å²) in [6, 6.07) is 0.635. The summed E-state index contributed by atoms with van der Waals surface area (Å²) >= 11 is 10.6. The molecule has 1 heterocycles. The van der Waals surface area contributed by atoms with Crippen LogP contribution in [0, 0.1) is 0 Å². The average Bonchev–Trinajstić information content (AvgIpc) is 2.26. The van der Waals surface area contributed by atoms with Crippen molar-refractivity contribution in [3.63, 3.8) is 0 Å². The monoisotopic (exact) mass is 289 g/mol. The molecule has 0 aliphatic heterocycles. The van der Waals surface area contributed by atoms with Crippen LogP contribution in [-0.2, 0) is 6.18 Å². The normalized spacial score (nSPS) is 15.7. The van der Waals surface area contributed by atoms with E-state index in [-0.39, 0.29) is 11.4 Å². The third-order valence-electron chi connectivity index (χ3n) is 2.03. The molecule has 0 spiro atoms. The minimum absolute atomic E-state index is 0.199. The minimum atomic E-state index is -4.67. The molecule has 17 heavy (non-hydrogen) atoms. The zero-order valence-electron chi connectivity index (χ0n) is 8.25. The number of aliphatic hydroxyl groups is 2. The lowest BCUT2D eigenvalue weighted by Crippen LogP contribution is -2.20. The van der Waals surface area contributed by atoms with E-state index in [0.717, 1.165) is 6.20 Å². The maximum absolute atomic E-state index is 12.5. The highest BCUT2D eigenvalue weighted by atomic mass is 35.5. The van der Waals surface area contributed by atoms with Crippen LogP contribution in [0.25, 0.3) is 0 Å². The van der Waals surface area contributed by atoms with Gasteiger partial charge in [0.15, 0.2) is 0 Å². The summed E-state index contributed by atoms with van der Waals surface area (Å²) in [5, 5.41) is 18.0. The quantitative estimate of drug-likeness (QED) is 0.664. The number of aliphatic hydroxyl groups excluding tert-OH is 2. The van der Waals surface area contributed by atoms with Crippen molar-refractivity contribution in [2.75, 3.05) is 5.88 Å². The van der Waals surface area contributed by atoms with Crippen LogP contribution in [-0.4, -0.2) is 27.2 Å². The van der Waals surface area contributed by atoms with Crippen LogP contribution >= 0.6 is 23.2 Å². The van der Waals surface area contributed by atoms with E-state index < -0.39 is 29.1 Å². The van der Waals surface area contributed by atoms with Gasteiger partial charge in [-0.05, 0) is 6.07 Å². The Morgan fingerprint density at radius 2 is 1.94 bits per heavy atom. The van der Waals surface area contributed by atoms with E-state index in [1.54, 1.807) is 0 Å². The predicted octanol–water partition coefficient (Wildman–Crippen LogP) is 2.39. The number of alkyl halides is 4. The van der Waals surface area contributed by atoms with Crippen molar-refractivity contribution in [2.24, 2.45) is 0 Å². The zero-order valence-corrected chi connectivity index (χ0v) is 9.76. The van der Waals surface area contributed by atoms with Gasteiger partial charge in [0.05, 0.1) is 17.5 Å². The smallest absolute Gasteiger partial charge is 0.389 e. The third-order valence-corrected chi connectivity index (χ3v) is 2.65. The van der Waals surface area contributed by atoms with Gasteiger partial charge in [-0.3, -0.25) is 0 Å². The number of aromatic nitrogens is 1. The van der Waals surface area contributed by atoms with Crippen molar-refractivity contribution in [1.82, 2.24) is 4.98 Å². The van der Waals surface area contributed by atoms with Crippen molar-refractivity contribution in [2.45, 2.75) is 18.4 Å². The van der Waals surface area contributed by atoms with E-state index in [9.17, 15) is 23.4 Å².